The smallest absolute Gasteiger partial charge is 0.253 e. The summed E-state index contributed by atoms with van der Waals surface area (Å²) in [6.07, 6.45) is 0. The number of rotatable bonds is 7. The van der Waals surface area contributed by atoms with Crippen LogP contribution in [0.1, 0.15) is 22.7 Å². The van der Waals surface area contributed by atoms with Crippen molar-refractivity contribution in [1.29, 1.82) is 0 Å². The number of hydrogen-bond acceptors (Lipinski definition) is 7. The van der Waals surface area contributed by atoms with Crippen LogP contribution in [0.2, 0.25) is 5.02 Å². The quantitative estimate of drug-likeness (QED) is 0.303. The Labute approximate surface area is 202 Å². The first-order valence-corrected chi connectivity index (χ1v) is 10.9. The Hall–Kier alpha value is -3.75. The van der Waals surface area contributed by atoms with Gasteiger partial charge in [-0.15, -0.1) is 0 Å². The van der Waals surface area contributed by atoms with E-state index in [-0.39, 0.29) is 18.5 Å². The Morgan fingerprint density at radius 1 is 1.03 bits per heavy atom. The molecule has 1 amide bonds. The van der Waals surface area contributed by atoms with E-state index in [0.29, 0.717) is 33.7 Å². The van der Waals surface area contributed by atoms with E-state index < -0.39 is 0 Å². The van der Waals surface area contributed by atoms with Crippen LogP contribution in [0.5, 0.6) is 17.2 Å². The summed E-state index contributed by atoms with van der Waals surface area (Å²) >= 11 is 6.36. The van der Waals surface area contributed by atoms with Crippen LogP contribution in [0.3, 0.4) is 0 Å². The van der Waals surface area contributed by atoms with Crippen molar-refractivity contribution in [1.82, 2.24) is 10.3 Å². The van der Waals surface area contributed by atoms with Gasteiger partial charge in [-0.1, -0.05) is 41.9 Å². The lowest BCUT2D eigenvalue weighted by atomic mass is 9.92. The number of hydrogen-bond donors (Lipinski definition) is 2. The Morgan fingerprint density at radius 3 is 2.29 bits per heavy atom. The fraction of sp³-hybridized carbons (Fsp3) is 0.200. The third-order valence-corrected chi connectivity index (χ3v) is 5.84. The van der Waals surface area contributed by atoms with Crippen molar-refractivity contribution in [2.24, 2.45) is 10.8 Å². The molecule has 0 aromatic heterocycles. The highest BCUT2D eigenvalue weighted by atomic mass is 35.5. The minimum absolute atomic E-state index is 0.0441. The van der Waals surface area contributed by atoms with Crippen molar-refractivity contribution in [2.75, 3.05) is 27.9 Å². The number of amides is 1. The second-order valence-electron chi connectivity index (χ2n) is 7.56. The highest BCUT2D eigenvalue weighted by molar-refractivity contribution is 6.30. The predicted molar refractivity (Wildman–Crippen MR) is 131 cm³/mol. The van der Waals surface area contributed by atoms with Gasteiger partial charge in [0.25, 0.3) is 5.91 Å². The number of benzene rings is 3. The zero-order chi connectivity index (χ0) is 24.2. The molecule has 0 unspecified atom stereocenters. The molecule has 0 bridgehead atoms. The van der Waals surface area contributed by atoms with Crippen LogP contribution < -0.4 is 25.5 Å². The lowest BCUT2D eigenvalue weighted by Gasteiger charge is -2.38. The first-order valence-electron chi connectivity index (χ1n) is 10.5. The van der Waals surface area contributed by atoms with Crippen molar-refractivity contribution in [3.8, 4) is 17.2 Å². The number of methoxy groups -OCH3 is 3. The van der Waals surface area contributed by atoms with Crippen LogP contribution in [-0.4, -0.2) is 44.5 Å². The van der Waals surface area contributed by atoms with Crippen molar-refractivity contribution in [3.63, 3.8) is 0 Å². The number of carbonyl (C=O) groups excluding carboxylic acids is 1. The fourth-order valence-electron chi connectivity index (χ4n) is 4.12. The molecule has 0 saturated heterocycles. The summed E-state index contributed by atoms with van der Waals surface area (Å²) in [7, 11) is 4.64. The normalized spacial score (nSPS) is 14.7. The molecule has 176 valence electrons. The molecule has 3 aromatic rings. The molecular weight excluding hydrogens is 456 g/mol. The first kappa shape index (κ1) is 23.4. The van der Waals surface area contributed by atoms with Crippen LogP contribution in [0.4, 0.5) is 5.69 Å². The van der Waals surface area contributed by atoms with E-state index in [9.17, 15) is 4.79 Å². The van der Waals surface area contributed by atoms with Gasteiger partial charge in [0.05, 0.1) is 33.1 Å². The number of nitrogens with zero attached hydrogens (tertiary/aromatic N) is 2. The Kier molecular flexibility index (Phi) is 6.90. The number of nitrogens with two attached hydrogens (primary N) is 1. The molecule has 3 aromatic carbocycles. The largest absolute Gasteiger partial charge is 0.493 e. The highest BCUT2D eigenvalue weighted by Crippen LogP contribution is 2.44. The van der Waals surface area contributed by atoms with E-state index in [4.69, 9.17) is 36.6 Å². The van der Waals surface area contributed by atoms with Crippen molar-refractivity contribution >= 4 is 29.0 Å². The van der Waals surface area contributed by atoms with Crippen molar-refractivity contribution < 1.29 is 19.0 Å². The molecule has 8 nitrogen and oxygen atoms in total. The average Bonchev–Trinajstić information content (AvgIpc) is 2.87. The van der Waals surface area contributed by atoms with Gasteiger partial charge in [-0.3, -0.25) is 10.2 Å². The third kappa shape index (κ3) is 4.37. The van der Waals surface area contributed by atoms with Crippen LogP contribution in [0, 0.1) is 0 Å². The summed E-state index contributed by atoms with van der Waals surface area (Å²) in [5.41, 5.74) is 5.49. The molecule has 0 fully saturated rings. The number of halogens is 1. The van der Waals surface area contributed by atoms with Gasteiger partial charge in [0, 0.05) is 16.1 Å². The zero-order valence-corrected chi connectivity index (χ0v) is 19.8. The summed E-state index contributed by atoms with van der Waals surface area (Å²) < 4.78 is 16.6. The van der Waals surface area contributed by atoms with Gasteiger partial charge in [-0.25, -0.2) is 10.8 Å². The summed E-state index contributed by atoms with van der Waals surface area (Å²) in [5.74, 6) is 7.05. The number of ether oxygens (including phenoxy) is 3. The number of carbonyl (C=O) groups is 1. The van der Waals surface area contributed by atoms with E-state index >= 15 is 0 Å². The average molecular weight is 481 g/mol. The molecule has 34 heavy (non-hydrogen) atoms. The molecule has 1 aliphatic heterocycles. The van der Waals surface area contributed by atoms with Gasteiger partial charge in [0.1, 0.15) is 12.4 Å². The number of hydrazine groups is 1. The lowest BCUT2D eigenvalue weighted by molar-refractivity contribution is -0.121. The van der Waals surface area contributed by atoms with Gasteiger partial charge in [0.2, 0.25) is 5.75 Å². The fourth-order valence-corrected chi connectivity index (χ4v) is 4.30. The topological polar surface area (TPSA) is 98.4 Å². The molecule has 4 rings (SSSR count). The molecular formula is C25H25ClN4O4. The standard InChI is InChI=1S/C25H25ClN4O4/c1-32-20-11-16(12-21(33-2)24(20)34-3)25-28-19-10-9-17(26)13-18(19)23(15-7-5-4-6-8-15)30(25)14-22(31)29-27/h4-13,23H,14,27H2,1-3H3,(H,29,31)/t23-/m1/s1. The van der Waals surface area contributed by atoms with Gasteiger partial charge in [0.15, 0.2) is 11.5 Å². The summed E-state index contributed by atoms with van der Waals surface area (Å²) in [6.45, 7) is -0.0441. The number of amidine groups is 1. The van der Waals surface area contributed by atoms with Crippen molar-refractivity contribution in [2.45, 2.75) is 6.04 Å². The summed E-state index contributed by atoms with van der Waals surface area (Å²) in [6, 6.07) is 18.6. The maximum absolute atomic E-state index is 12.5. The van der Waals surface area contributed by atoms with Gasteiger partial charge in [-0.2, -0.15) is 0 Å². The lowest BCUT2D eigenvalue weighted by Crippen LogP contribution is -2.46. The molecule has 3 N–H and O–H groups in total. The summed E-state index contributed by atoms with van der Waals surface area (Å²) in [5, 5.41) is 0.578. The summed E-state index contributed by atoms with van der Waals surface area (Å²) in [4.78, 5) is 19.3. The van der Waals surface area contributed by atoms with E-state index in [1.165, 1.54) is 0 Å². The SMILES string of the molecule is COc1cc(C2=Nc3ccc(Cl)cc3[C@@H](c3ccccc3)N2CC(=O)NN)cc(OC)c1OC. The minimum Gasteiger partial charge on any atom is -0.493 e. The Bertz CT molecular complexity index is 1210. The maximum atomic E-state index is 12.5. The minimum atomic E-state index is -0.369. The zero-order valence-electron chi connectivity index (χ0n) is 19.0. The number of nitrogens with one attached hydrogen (secondary N) is 1. The Morgan fingerprint density at radius 2 is 1.71 bits per heavy atom. The van der Waals surface area contributed by atoms with E-state index in [1.54, 1.807) is 39.5 Å². The molecule has 9 heteroatoms. The second kappa shape index (κ2) is 10.0. The van der Waals surface area contributed by atoms with E-state index in [2.05, 4.69) is 5.43 Å². The molecule has 0 radical (unpaired) electrons. The second-order valence-corrected chi connectivity index (χ2v) is 8.00. The van der Waals surface area contributed by atoms with Crippen LogP contribution >= 0.6 is 11.6 Å². The molecule has 0 saturated carbocycles. The highest BCUT2D eigenvalue weighted by Gasteiger charge is 2.34. The first-order chi connectivity index (χ1) is 16.5. The van der Waals surface area contributed by atoms with Crippen LogP contribution in [0.25, 0.3) is 0 Å². The molecule has 1 aliphatic rings. The third-order valence-electron chi connectivity index (χ3n) is 5.61. The number of aliphatic imine (C=N–C) groups is 1. The monoisotopic (exact) mass is 480 g/mol. The van der Waals surface area contributed by atoms with Gasteiger partial charge in [-0.05, 0) is 35.9 Å². The van der Waals surface area contributed by atoms with E-state index in [1.807, 2.05) is 47.4 Å². The Balaban J connectivity index is 1.98. The van der Waals surface area contributed by atoms with Crippen LogP contribution in [-0.2, 0) is 4.79 Å². The van der Waals surface area contributed by atoms with Crippen molar-refractivity contribution in [3.05, 3.63) is 82.4 Å². The maximum Gasteiger partial charge on any atom is 0.253 e. The van der Waals surface area contributed by atoms with E-state index in [0.717, 1.165) is 16.8 Å². The molecule has 1 atom stereocenters. The molecule has 1 heterocycles. The predicted octanol–water partition coefficient (Wildman–Crippen LogP) is 3.84. The molecule has 0 spiro atoms. The van der Waals surface area contributed by atoms with Gasteiger partial charge < -0.3 is 19.1 Å². The van der Waals surface area contributed by atoms with Crippen LogP contribution in [0.15, 0.2) is 65.7 Å². The van der Waals surface area contributed by atoms with Gasteiger partial charge >= 0.3 is 0 Å². The number of fused-ring (bicyclic) bond motifs is 1. The molecule has 0 aliphatic carbocycles.